The number of hydrogen-bond donors (Lipinski definition) is 4. The van der Waals surface area contributed by atoms with Gasteiger partial charge in [-0.25, -0.2) is 0 Å². The average molecular weight is 515 g/mol. The van der Waals surface area contributed by atoms with E-state index in [4.69, 9.17) is 0 Å². The molecule has 13 atom stereocenters. The Labute approximate surface area is 213 Å². The van der Waals surface area contributed by atoms with E-state index in [1.807, 2.05) is 13.8 Å². The zero-order valence-corrected chi connectivity index (χ0v) is 23.5. The molecule has 204 valence electrons. The molecule has 0 aromatic rings. The van der Waals surface area contributed by atoms with E-state index in [2.05, 4.69) is 27.7 Å². The number of hydrogen-bond acceptors (Lipinski definition) is 5. The maximum atomic E-state index is 12.3. The first-order chi connectivity index (χ1) is 16.1. The fourth-order valence-electron chi connectivity index (χ4n) is 10.6. The van der Waals surface area contributed by atoms with Crippen LogP contribution in [0.15, 0.2) is 0 Å². The van der Waals surface area contributed by atoms with Gasteiger partial charge in [0.25, 0.3) is 10.1 Å². The summed E-state index contributed by atoms with van der Waals surface area (Å²) in [6, 6.07) is 0. The summed E-state index contributed by atoms with van der Waals surface area (Å²) in [6.45, 7) is 12.9. The number of rotatable bonds is 6. The summed E-state index contributed by atoms with van der Waals surface area (Å²) >= 11 is 0. The van der Waals surface area contributed by atoms with E-state index in [1.165, 1.54) is 0 Å². The molecule has 0 spiro atoms. The molecule has 0 aromatic heterocycles. The minimum absolute atomic E-state index is 0.0167. The van der Waals surface area contributed by atoms with Crippen molar-refractivity contribution in [3.63, 3.8) is 0 Å². The molecule has 35 heavy (non-hydrogen) atoms. The van der Waals surface area contributed by atoms with Gasteiger partial charge in [-0.2, -0.15) is 8.42 Å². The van der Waals surface area contributed by atoms with Gasteiger partial charge < -0.3 is 15.3 Å². The maximum absolute atomic E-state index is 12.3. The van der Waals surface area contributed by atoms with Crippen LogP contribution in [-0.2, 0) is 10.1 Å². The smallest absolute Gasteiger partial charge is 0.265 e. The molecular weight excluding hydrogens is 464 g/mol. The van der Waals surface area contributed by atoms with E-state index < -0.39 is 21.8 Å². The Morgan fingerprint density at radius 1 is 0.971 bits per heavy atom. The molecule has 0 saturated heterocycles. The van der Waals surface area contributed by atoms with Crippen LogP contribution in [0.1, 0.15) is 92.9 Å². The van der Waals surface area contributed by atoms with Crippen molar-refractivity contribution in [2.75, 3.05) is 5.75 Å². The Kier molecular flexibility index (Phi) is 7.32. The molecule has 4 aliphatic carbocycles. The topological polar surface area (TPSA) is 115 Å². The fraction of sp³-hybridized carbons (Fsp3) is 1.00. The van der Waals surface area contributed by atoms with Gasteiger partial charge in [0.1, 0.15) is 0 Å². The monoisotopic (exact) mass is 514 g/mol. The van der Waals surface area contributed by atoms with Crippen LogP contribution in [0.2, 0.25) is 0 Å². The molecule has 4 aliphatic rings. The molecule has 0 bridgehead atoms. The zero-order chi connectivity index (χ0) is 26.1. The molecule has 0 heterocycles. The molecule has 7 heteroatoms. The van der Waals surface area contributed by atoms with Crippen molar-refractivity contribution in [2.24, 2.45) is 58.2 Å². The Hall–Kier alpha value is -0.210. The molecular formula is C28H50O6S. The normalized spacial score (nSPS) is 51.7. The molecule has 6 nitrogen and oxygen atoms in total. The van der Waals surface area contributed by atoms with Gasteiger partial charge in [-0.3, -0.25) is 4.55 Å². The lowest BCUT2D eigenvalue weighted by Crippen LogP contribution is -2.69. The van der Waals surface area contributed by atoms with Crippen LogP contribution in [0.5, 0.6) is 0 Å². The highest BCUT2D eigenvalue weighted by molar-refractivity contribution is 7.85. The van der Waals surface area contributed by atoms with Gasteiger partial charge in [0.05, 0.1) is 23.6 Å². The second kappa shape index (κ2) is 9.21. The van der Waals surface area contributed by atoms with Gasteiger partial charge in [0, 0.05) is 0 Å². The van der Waals surface area contributed by atoms with Crippen molar-refractivity contribution < 1.29 is 28.3 Å². The lowest BCUT2D eigenvalue weighted by Gasteiger charge is -2.68. The van der Waals surface area contributed by atoms with Crippen LogP contribution in [-0.4, -0.2) is 51.9 Å². The molecule has 0 radical (unpaired) electrons. The van der Waals surface area contributed by atoms with Crippen molar-refractivity contribution in [3.05, 3.63) is 0 Å². The van der Waals surface area contributed by atoms with Crippen LogP contribution in [0, 0.1) is 58.2 Å². The third-order valence-corrected chi connectivity index (χ3v) is 13.0. The van der Waals surface area contributed by atoms with Crippen molar-refractivity contribution in [3.8, 4) is 0 Å². The van der Waals surface area contributed by atoms with Gasteiger partial charge in [0.2, 0.25) is 0 Å². The molecule has 0 aliphatic heterocycles. The predicted octanol–water partition coefficient (Wildman–Crippen LogP) is 4.52. The highest BCUT2D eigenvalue weighted by atomic mass is 32.2. The second-order valence-corrected chi connectivity index (χ2v) is 15.4. The van der Waals surface area contributed by atoms with E-state index in [-0.39, 0.29) is 70.0 Å². The van der Waals surface area contributed by atoms with Crippen LogP contribution in [0.3, 0.4) is 0 Å². The first kappa shape index (κ1) is 27.8. The van der Waals surface area contributed by atoms with Crippen molar-refractivity contribution in [2.45, 2.75) is 111 Å². The Morgan fingerprint density at radius 3 is 2.23 bits per heavy atom. The zero-order valence-electron chi connectivity index (χ0n) is 22.7. The van der Waals surface area contributed by atoms with Crippen molar-refractivity contribution in [1.29, 1.82) is 0 Å². The molecule has 4 saturated carbocycles. The van der Waals surface area contributed by atoms with Crippen molar-refractivity contribution in [1.82, 2.24) is 0 Å². The minimum atomic E-state index is -4.00. The van der Waals surface area contributed by atoms with Gasteiger partial charge >= 0.3 is 0 Å². The van der Waals surface area contributed by atoms with Crippen LogP contribution >= 0.6 is 0 Å². The fourth-order valence-corrected chi connectivity index (χ4v) is 11.5. The third-order valence-electron chi connectivity index (χ3n) is 12.0. The molecule has 4 N–H and O–H groups in total. The first-order valence-corrected chi connectivity index (χ1v) is 15.7. The van der Waals surface area contributed by atoms with Gasteiger partial charge in [-0.05, 0) is 110 Å². The van der Waals surface area contributed by atoms with E-state index in [9.17, 15) is 28.3 Å². The van der Waals surface area contributed by atoms with Crippen LogP contribution in [0.25, 0.3) is 0 Å². The van der Waals surface area contributed by atoms with Crippen molar-refractivity contribution >= 4 is 10.1 Å². The summed E-state index contributed by atoms with van der Waals surface area (Å²) in [4.78, 5) is 0. The quantitative estimate of drug-likeness (QED) is 0.387. The first-order valence-electron chi connectivity index (χ1n) is 14.1. The minimum Gasteiger partial charge on any atom is -0.393 e. The molecule has 4 rings (SSSR count). The summed E-state index contributed by atoms with van der Waals surface area (Å²) in [5.41, 5.74) is -1.15. The van der Waals surface area contributed by atoms with Crippen LogP contribution < -0.4 is 0 Å². The molecule has 0 amide bonds. The molecule has 4 fully saturated rings. The summed E-state index contributed by atoms with van der Waals surface area (Å²) < 4.78 is 32.1. The van der Waals surface area contributed by atoms with Gasteiger partial charge in [0.15, 0.2) is 0 Å². The van der Waals surface area contributed by atoms with E-state index in [0.29, 0.717) is 12.8 Å². The van der Waals surface area contributed by atoms with Crippen LogP contribution in [0.4, 0.5) is 0 Å². The highest BCUT2D eigenvalue weighted by Gasteiger charge is 2.70. The second-order valence-electron chi connectivity index (χ2n) is 13.9. The van der Waals surface area contributed by atoms with E-state index in [0.717, 1.165) is 38.5 Å². The largest absolute Gasteiger partial charge is 0.393 e. The number of fused-ring (bicyclic) bond motifs is 5. The Balaban J connectivity index is 1.66. The lowest BCUT2D eigenvalue weighted by atomic mass is 9.38. The Morgan fingerprint density at radius 2 is 1.63 bits per heavy atom. The highest BCUT2D eigenvalue weighted by Crippen LogP contribution is 2.71. The Bertz CT molecular complexity index is 888. The standard InChI is InChI=1S/C28H50O6S/c1-7-19-22-13-18(29)10-11-26(22,4)23-14-24(30)27(5)20(8-9-21(27)25(23)28(19,6)31)17(3)12-16(2)15-35(32,33)34/h16-25,29-31H,7-15H2,1-6H3,(H,32,33,34)/t16-,17+,18-,19-,20-,21?,22+,23?,24+,25?,26+,27-,28-/m1/s1. The summed E-state index contributed by atoms with van der Waals surface area (Å²) in [7, 11) is -4.00. The summed E-state index contributed by atoms with van der Waals surface area (Å²) in [6.07, 6.45) is 5.98. The number of aliphatic hydroxyl groups excluding tert-OH is 2. The average Bonchev–Trinajstić information content (AvgIpc) is 3.07. The summed E-state index contributed by atoms with van der Waals surface area (Å²) in [5.74, 6) is 1.06. The predicted molar refractivity (Wildman–Crippen MR) is 137 cm³/mol. The van der Waals surface area contributed by atoms with E-state index in [1.54, 1.807) is 0 Å². The van der Waals surface area contributed by atoms with Gasteiger partial charge in [-0.15, -0.1) is 0 Å². The lowest BCUT2D eigenvalue weighted by molar-refractivity contribution is -0.263. The third kappa shape index (κ3) is 4.43. The maximum Gasteiger partial charge on any atom is 0.265 e. The number of aliphatic hydroxyl groups is 3. The van der Waals surface area contributed by atoms with E-state index >= 15 is 0 Å². The molecule has 0 aromatic carbocycles. The summed E-state index contributed by atoms with van der Waals surface area (Å²) in [5, 5.41) is 34.6. The molecule has 3 unspecified atom stereocenters. The van der Waals surface area contributed by atoms with Gasteiger partial charge in [-0.1, -0.05) is 41.0 Å². The SMILES string of the molecule is CC[C@@H]1[C@@H]2C[C@H](O)CC[C@]2(C)C2C[C@H](O)[C@@]3(C)C(CC[C@@H]3[C@@H](C)C[C@@H](C)CS(=O)(=O)O)C2[C@]1(C)O.